The molecule has 0 aliphatic carbocycles. The van der Waals surface area contributed by atoms with Crippen LogP contribution in [0, 0.1) is 0 Å². The Bertz CT molecular complexity index is 901. The molecule has 1 aliphatic heterocycles. The van der Waals surface area contributed by atoms with Crippen molar-refractivity contribution in [3.05, 3.63) is 53.6 Å². The Labute approximate surface area is 166 Å². The molecule has 0 unspecified atom stereocenters. The van der Waals surface area contributed by atoms with Crippen molar-refractivity contribution in [1.29, 1.82) is 0 Å². The summed E-state index contributed by atoms with van der Waals surface area (Å²) in [7, 11) is 0. The third-order valence-electron chi connectivity index (χ3n) is 5.40. The lowest BCUT2D eigenvalue weighted by atomic mass is 9.76. The van der Waals surface area contributed by atoms with Gasteiger partial charge in [-0.15, -0.1) is 0 Å². The van der Waals surface area contributed by atoms with Gasteiger partial charge in [0.15, 0.2) is 0 Å². The highest BCUT2D eigenvalue weighted by molar-refractivity contribution is 5.98. The molecule has 5 heteroatoms. The number of rotatable bonds is 5. The fourth-order valence-corrected chi connectivity index (χ4v) is 4.00. The number of fused-ring (bicyclic) bond motifs is 1. The van der Waals surface area contributed by atoms with Crippen LogP contribution in [-0.2, 0) is 10.2 Å². The monoisotopic (exact) mass is 380 g/mol. The van der Waals surface area contributed by atoms with Crippen LogP contribution in [0.2, 0.25) is 0 Å². The largest absolute Gasteiger partial charge is 0.478 e. The highest BCUT2D eigenvalue weighted by Crippen LogP contribution is 2.43. The number of carboxylic acid groups (broad SMARTS) is 1. The van der Waals surface area contributed by atoms with Crippen molar-refractivity contribution in [2.75, 3.05) is 16.3 Å². The molecular formula is C23H28N2O3. The minimum atomic E-state index is -0.927. The maximum Gasteiger partial charge on any atom is 0.335 e. The van der Waals surface area contributed by atoms with Crippen LogP contribution in [0.1, 0.15) is 57.0 Å². The van der Waals surface area contributed by atoms with E-state index in [9.17, 15) is 9.59 Å². The van der Waals surface area contributed by atoms with E-state index in [0.29, 0.717) is 6.42 Å². The van der Waals surface area contributed by atoms with Gasteiger partial charge in [0.25, 0.3) is 0 Å². The van der Waals surface area contributed by atoms with Gasteiger partial charge in [-0.05, 0) is 68.8 Å². The summed E-state index contributed by atoms with van der Waals surface area (Å²) in [4.78, 5) is 27.8. The number of benzene rings is 2. The highest BCUT2D eigenvalue weighted by Gasteiger charge is 2.38. The van der Waals surface area contributed by atoms with Crippen molar-refractivity contribution in [2.45, 2.75) is 52.5 Å². The number of amides is 1. The molecule has 5 nitrogen and oxygen atoms in total. The van der Waals surface area contributed by atoms with E-state index < -0.39 is 5.97 Å². The van der Waals surface area contributed by atoms with Gasteiger partial charge in [0.05, 0.1) is 5.56 Å². The number of carbonyl (C=O) groups is 2. The molecule has 0 spiro atoms. The molecule has 2 aromatic rings. The fraction of sp³-hybridized carbons (Fsp3) is 0.391. The summed E-state index contributed by atoms with van der Waals surface area (Å²) in [5, 5.41) is 9.12. The van der Waals surface area contributed by atoms with Crippen LogP contribution in [0.3, 0.4) is 0 Å². The smallest absolute Gasteiger partial charge is 0.335 e. The van der Waals surface area contributed by atoms with Crippen molar-refractivity contribution >= 4 is 28.9 Å². The van der Waals surface area contributed by atoms with E-state index in [-0.39, 0.29) is 22.9 Å². The van der Waals surface area contributed by atoms with Crippen molar-refractivity contribution in [2.24, 2.45) is 0 Å². The molecule has 1 heterocycles. The van der Waals surface area contributed by atoms with Crippen LogP contribution in [0.4, 0.5) is 17.1 Å². The predicted molar refractivity (Wildman–Crippen MR) is 113 cm³/mol. The Hall–Kier alpha value is -2.82. The van der Waals surface area contributed by atoms with E-state index in [4.69, 9.17) is 5.11 Å². The Morgan fingerprint density at radius 2 is 1.75 bits per heavy atom. The standard InChI is InChI=1S/C23H28N2O3/c1-6-24(17-9-7-16(8-10-17)22(27)28)18-11-12-20-19(13-18)23(4,5)14-21(26)25(20)15(2)3/h7-13,15H,6,14H2,1-5H3,(H,27,28). The summed E-state index contributed by atoms with van der Waals surface area (Å²) in [6, 6.07) is 13.3. The van der Waals surface area contributed by atoms with E-state index in [1.54, 1.807) is 12.1 Å². The zero-order valence-corrected chi connectivity index (χ0v) is 17.2. The molecule has 0 fully saturated rings. The number of aromatic carboxylic acids is 1. The molecule has 0 saturated carbocycles. The van der Waals surface area contributed by atoms with Gasteiger partial charge in [-0.2, -0.15) is 0 Å². The average molecular weight is 380 g/mol. The molecular weight excluding hydrogens is 352 g/mol. The van der Waals surface area contributed by atoms with Gasteiger partial charge in [0.1, 0.15) is 0 Å². The molecule has 0 bridgehead atoms. The van der Waals surface area contributed by atoms with Gasteiger partial charge in [0.2, 0.25) is 5.91 Å². The molecule has 148 valence electrons. The summed E-state index contributed by atoms with van der Waals surface area (Å²) in [5.41, 5.74) is 4.17. The summed E-state index contributed by atoms with van der Waals surface area (Å²) >= 11 is 0. The molecule has 1 amide bonds. The molecule has 1 aliphatic rings. The fourth-order valence-electron chi connectivity index (χ4n) is 4.00. The Balaban J connectivity index is 2.05. The van der Waals surface area contributed by atoms with Gasteiger partial charge in [0, 0.05) is 41.5 Å². The van der Waals surface area contributed by atoms with Gasteiger partial charge in [-0.25, -0.2) is 4.79 Å². The summed E-state index contributed by atoms with van der Waals surface area (Å²) in [6.07, 6.45) is 0.487. The lowest BCUT2D eigenvalue weighted by Crippen LogP contribution is -2.45. The Morgan fingerprint density at radius 3 is 2.29 bits per heavy atom. The minimum Gasteiger partial charge on any atom is -0.478 e. The first-order valence-electron chi connectivity index (χ1n) is 9.73. The highest BCUT2D eigenvalue weighted by atomic mass is 16.4. The second kappa shape index (κ2) is 7.30. The normalized spacial score (nSPS) is 15.5. The first kappa shape index (κ1) is 19.9. The van der Waals surface area contributed by atoms with E-state index in [0.717, 1.165) is 23.6 Å². The average Bonchev–Trinajstić information content (AvgIpc) is 2.62. The van der Waals surface area contributed by atoms with E-state index in [1.165, 1.54) is 5.56 Å². The zero-order chi connectivity index (χ0) is 20.6. The molecule has 0 aromatic heterocycles. The second-order valence-electron chi connectivity index (χ2n) is 8.22. The zero-order valence-electron chi connectivity index (χ0n) is 17.2. The summed E-state index contributed by atoms with van der Waals surface area (Å²) < 4.78 is 0. The van der Waals surface area contributed by atoms with E-state index in [1.807, 2.05) is 43.0 Å². The minimum absolute atomic E-state index is 0.110. The summed E-state index contributed by atoms with van der Waals surface area (Å²) in [6.45, 7) is 11.1. The second-order valence-corrected chi connectivity index (χ2v) is 8.22. The van der Waals surface area contributed by atoms with Gasteiger partial charge in [-0.3, -0.25) is 4.79 Å². The van der Waals surface area contributed by atoms with Crippen LogP contribution in [-0.4, -0.2) is 29.6 Å². The van der Waals surface area contributed by atoms with Gasteiger partial charge >= 0.3 is 5.97 Å². The van der Waals surface area contributed by atoms with Crippen LogP contribution in [0.15, 0.2) is 42.5 Å². The molecule has 0 saturated heterocycles. The Kier molecular flexibility index (Phi) is 5.20. The Morgan fingerprint density at radius 1 is 1.14 bits per heavy atom. The lowest BCUT2D eigenvalue weighted by molar-refractivity contribution is -0.120. The van der Waals surface area contributed by atoms with Crippen molar-refractivity contribution in [3.63, 3.8) is 0 Å². The van der Waals surface area contributed by atoms with Gasteiger partial charge < -0.3 is 14.9 Å². The predicted octanol–water partition coefficient (Wildman–Crippen LogP) is 4.97. The quantitative estimate of drug-likeness (QED) is 0.796. The molecule has 1 N–H and O–H groups in total. The topological polar surface area (TPSA) is 60.9 Å². The molecule has 28 heavy (non-hydrogen) atoms. The molecule has 2 aromatic carbocycles. The summed E-state index contributed by atoms with van der Waals surface area (Å²) in [5.74, 6) is -0.763. The number of carbonyl (C=O) groups excluding carboxylic acids is 1. The van der Waals surface area contributed by atoms with Crippen LogP contribution >= 0.6 is 0 Å². The number of hydrogen-bond acceptors (Lipinski definition) is 3. The van der Waals surface area contributed by atoms with E-state index in [2.05, 4.69) is 31.7 Å². The SMILES string of the molecule is CCN(c1ccc(C(=O)O)cc1)c1ccc2c(c1)C(C)(C)CC(=O)N2C(C)C. The molecule has 0 radical (unpaired) electrons. The first-order valence-corrected chi connectivity index (χ1v) is 9.73. The van der Waals surface area contributed by atoms with Gasteiger partial charge in [-0.1, -0.05) is 13.8 Å². The number of nitrogens with zero attached hydrogens (tertiary/aromatic N) is 2. The molecule has 0 atom stereocenters. The number of carboxylic acids is 1. The lowest BCUT2D eigenvalue weighted by Gasteiger charge is -2.41. The third-order valence-corrected chi connectivity index (χ3v) is 5.40. The third kappa shape index (κ3) is 3.49. The first-order chi connectivity index (χ1) is 13.2. The van der Waals surface area contributed by atoms with Crippen LogP contribution in [0.25, 0.3) is 0 Å². The number of hydrogen-bond donors (Lipinski definition) is 1. The van der Waals surface area contributed by atoms with Crippen LogP contribution < -0.4 is 9.80 Å². The molecule has 3 rings (SSSR count). The van der Waals surface area contributed by atoms with E-state index >= 15 is 0 Å². The maximum atomic E-state index is 12.7. The van der Waals surface area contributed by atoms with Crippen molar-refractivity contribution in [3.8, 4) is 0 Å². The number of anilines is 3. The van der Waals surface area contributed by atoms with Crippen molar-refractivity contribution < 1.29 is 14.7 Å². The van der Waals surface area contributed by atoms with Crippen molar-refractivity contribution in [1.82, 2.24) is 0 Å². The maximum absolute atomic E-state index is 12.7. The van der Waals surface area contributed by atoms with Crippen LogP contribution in [0.5, 0.6) is 0 Å².